The zero-order valence-corrected chi connectivity index (χ0v) is 23.5. The number of amides is 1. The average molecular weight is 565 g/mol. The van der Waals surface area contributed by atoms with E-state index >= 15 is 0 Å². The van der Waals surface area contributed by atoms with Crippen LogP contribution in [0.5, 0.6) is 0 Å². The van der Waals surface area contributed by atoms with Crippen molar-refractivity contribution in [3.8, 4) is 0 Å². The van der Waals surface area contributed by atoms with Gasteiger partial charge in [0.15, 0.2) is 0 Å². The summed E-state index contributed by atoms with van der Waals surface area (Å²) in [6, 6.07) is 20.1. The molecule has 1 fully saturated rings. The number of likely N-dealkylation sites (tertiary alicyclic amines) is 1. The van der Waals surface area contributed by atoms with Crippen LogP contribution in [0.3, 0.4) is 0 Å². The molecule has 3 aromatic carbocycles. The molecule has 39 heavy (non-hydrogen) atoms. The molecule has 0 aliphatic carbocycles. The quantitative estimate of drug-likeness (QED) is 0.280. The molecule has 3 aromatic rings. The molecular formula is C30H33ClN4O3S. The van der Waals surface area contributed by atoms with Crippen molar-refractivity contribution in [2.75, 3.05) is 30.3 Å². The van der Waals surface area contributed by atoms with Crippen LogP contribution in [0.2, 0.25) is 5.02 Å². The Kier molecular flexibility index (Phi) is 8.37. The van der Waals surface area contributed by atoms with Gasteiger partial charge in [-0.25, -0.2) is 13.1 Å². The number of anilines is 2. The van der Waals surface area contributed by atoms with Gasteiger partial charge in [-0.05, 0) is 73.8 Å². The Labute approximate surface area is 235 Å². The third-order valence-corrected chi connectivity index (χ3v) is 8.88. The number of nitrogens with zero attached hydrogens (tertiary/aromatic N) is 1. The molecule has 0 saturated carbocycles. The molecule has 0 unspecified atom stereocenters. The number of hydrogen-bond donors (Lipinski definition) is 3. The Hall–Kier alpha value is -3.17. The molecule has 0 radical (unpaired) electrons. The lowest BCUT2D eigenvalue weighted by Gasteiger charge is -2.27. The van der Waals surface area contributed by atoms with E-state index in [0.717, 1.165) is 36.4 Å². The third-order valence-electron chi connectivity index (χ3n) is 7.07. The number of sulfonamides is 1. The van der Waals surface area contributed by atoms with Crippen LogP contribution in [0.4, 0.5) is 11.4 Å². The number of piperidine rings is 1. The fourth-order valence-corrected chi connectivity index (χ4v) is 6.42. The number of carbonyl (C=O) groups is 1. The molecular weight excluding hydrogens is 532 g/mol. The number of rotatable bonds is 9. The fourth-order valence-electron chi connectivity index (χ4n) is 5.02. The topological polar surface area (TPSA) is 90.5 Å². The molecule has 2 heterocycles. The van der Waals surface area contributed by atoms with Crippen molar-refractivity contribution in [2.24, 2.45) is 0 Å². The van der Waals surface area contributed by atoms with Crippen molar-refractivity contribution in [3.63, 3.8) is 0 Å². The highest BCUT2D eigenvalue weighted by Crippen LogP contribution is 2.39. The summed E-state index contributed by atoms with van der Waals surface area (Å²) in [7, 11) is -3.71. The minimum atomic E-state index is -3.71. The summed E-state index contributed by atoms with van der Waals surface area (Å²) in [6.07, 6.45) is 4.39. The Morgan fingerprint density at radius 2 is 1.77 bits per heavy atom. The maximum atomic E-state index is 13.3. The highest BCUT2D eigenvalue weighted by Gasteiger charge is 2.30. The summed E-state index contributed by atoms with van der Waals surface area (Å²) in [5, 5.41) is 6.98. The smallest absolute Gasteiger partial charge is 0.258 e. The van der Waals surface area contributed by atoms with Crippen molar-refractivity contribution in [1.29, 1.82) is 0 Å². The van der Waals surface area contributed by atoms with Gasteiger partial charge in [-0.3, -0.25) is 9.69 Å². The van der Waals surface area contributed by atoms with Crippen molar-refractivity contribution in [1.82, 2.24) is 9.62 Å². The highest BCUT2D eigenvalue weighted by molar-refractivity contribution is 7.89. The van der Waals surface area contributed by atoms with Crippen molar-refractivity contribution < 1.29 is 13.2 Å². The van der Waals surface area contributed by atoms with Crippen LogP contribution >= 0.6 is 11.6 Å². The number of halogens is 1. The molecule has 0 atom stereocenters. The van der Waals surface area contributed by atoms with Gasteiger partial charge in [0.1, 0.15) is 0 Å². The number of hydrogen-bond acceptors (Lipinski definition) is 5. The normalized spacial score (nSPS) is 17.0. The van der Waals surface area contributed by atoms with Gasteiger partial charge in [-0.1, -0.05) is 61.3 Å². The third kappa shape index (κ3) is 6.20. The lowest BCUT2D eigenvalue weighted by Crippen LogP contribution is -2.29. The second-order valence-electron chi connectivity index (χ2n) is 9.94. The highest BCUT2D eigenvalue weighted by atomic mass is 35.5. The zero-order chi connectivity index (χ0) is 27.4. The SMILES string of the molecule is CCCNS(=O)(=O)c1ccc2c(c1)/C(=C(/Nc1ccc(CN3CCCCC3)c(Cl)c1)c1ccccc1)C(=O)N2. The largest absolute Gasteiger partial charge is 0.354 e. The van der Waals surface area contributed by atoms with Gasteiger partial charge in [0.05, 0.1) is 16.2 Å². The van der Waals surface area contributed by atoms with Crippen LogP contribution in [0.1, 0.15) is 49.3 Å². The Morgan fingerprint density at radius 1 is 1.00 bits per heavy atom. The molecule has 1 amide bonds. The summed E-state index contributed by atoms with van der Waals surface area (Å²) in [4.78, 5) is 15.8. The Bertz CT molecular complexity index is 1500. The molecule has 1 saturated heterocycles. The van der Waals surface area contributed by atoms with Gasteiger partial charge in [0.2, 0.25) is 10.0 Å². The van der Waals surface area contributed by atoms with Crippen LogP contribution < -0.4 is 15.4 Å². The Balaban J connectivity index is 1.53. The second kappa shape index (κ2) is 11.9. The summed E-state index contributed by atoms with van der Waals surface area (Å²) in [6.45, 7) is 5.22. The van der Waals surface area contributed by atoms with E-state index in [1.54, 1.807) is 12.1 Å². The average Bonchev–Trinajstić information content (AvgIpc) is 3.28. The van der Waals surface area contributed by atoms with E-state index in [1.165, 1.54) is 25.3 Å². The van der Waals surface area contributed by atoms with Gasteiger partial charge in [0, 0.05) is 35.1 Å². The first-order chi connectivity index (χ1) is 18.9. The monoisotopic (exact) mass is 564 g/mol. The van der Waals surface area contributed by atoms with E-state index in [-0.39, 0.29) is 10.8 Å². The van der Waals surface area contributed by atoms with E-state index in [9.17, 15) is 13.2 Å². The Morgan fingerprint density at radius 3 is 2.49 bits per heavy atom. The van der Waals surface area contributed by atoms with Crippen LogP contribution in [0.25, 0.3) is 11.3 Å². The minimum Gasteiger partial charge on any atom is -0.354 e. The van der Waals surface area contributed by atoms with Crippen molar-refractivity contribution in [2.45, 2.75) is 44.0 Å². The minimum absolute atomic E-state index is 0.112. The zero-order valence-electron chi connectivity index (χ0n) is 22.0. The number of nitrogens with one attached hydrogen (secondary N) is 3. The molecule has 9 heteroatoms. The second-order valence-corrected chi connectivity index (χ2v) is 12.1. The molecule has 0 bridgehead atoms. The molecule has 7 nitrogen and oxygen atoms in total. The van der Waals surface area contributed by atoms with Gasteiger partial charge in [0.25, 0.3) is 5.91 Å². The van der Waals surface area contributed by atoms with Crippen LogP contribution in [-0.4, -0.2) is 38.9 Å². The van der Waals surface area contributed by atoms with Crippen LogP contribution in [0.15, 0.2) is 71.6 Å². The summed E-state index contributed by atoms with van der Waals surface area (Å²) in [5.74, 6) is -0.305. The van der Waals surface area contributed by atoms with Crippen molar-refractivity contribution >= 4 is 50.2 Å². The first-order valence-electron chi connectivity index (χ1n) is 13.4. The van der Waals surface area contributed by atoms with Gasteiger partial charge in [-0.15, -0.1) is 0 Å². The number of fused-ring (bicyclic) bond motifs is 1. The molecule has 0 spiro atoms. The molecule has 3 N–H and O–H groups in total. The molecule has 2 aliphatic rings. The molecule has 2 aliphatic heterocycles. The summed E-state index contributed by atoms with van der Waals surface area (Å²) >= 11 is 6.72. The van der Waals surface area contributed by atoms with E-state index in [4.69, 9.17) is 11.6 Å². The summed E-state index contributed by atoms with van der Waals surface area (Å²) in [5.41, 5.74) is 4.63. The van der Waals surface area contributed by atoms with Crippen LogP contribution in [-0.2, 0) is 21.4 Å². The predicted molar refractivity (Wildman–Crippen MR) is 158 cm³/mol. The van der Waals surface area contributed by atoms with E-state index < -0.39 is 10.0 Å². The number of carbonyl (C=O) groups excluding carboxylic acids is 1. The maximum absolute atomic E-state index is 13.3. The first kappa shape index (κ1) is 27.4. The van der Waals surface area contributed by atoms with Crippen molar-refractivity contribution in [3.05, 3.63) is 88.4 Å². The number of benzene rings is 3. The molecule has 5 rings (SSSR count). The molecule has 204 valence electrons. The lowest BCUT2D eigenvalue weighted by molar-refractivity contribution is -0.110. The predicted octanol–water partition coefficient (Wildman–Crippen LogP) is 5.95. The van der Waals surface area contributed by atoms with E-state index in [2.05, 4.69) is 20.3 Å². The standard InChI is InChI=1S/C30H33ClN4O3S/c1-2-15-32-39(37,38)24-13-14-27-25(19-24)28(30(36)34-27)29(21-9-5-3-6-10-21)33-23-12-11-22(26(31)18-23)20-35-16-7-4-8-17-35/h3,5-6,9-14,18-19,32-33H,2,4,7-8,15-17,20H2,1H3,(H,34,36)/b29-28-. The lowest BCUT2D eigenvalue weighted by atomic mass is 10.00. The summed E-state index contributed by atoms with van der Waals surface area (Å²) < 4.78 is 28.3. The van der Waals surface area contributed by atoms with Gasteiger partial charge >= 0.3 is 0 Å². The first-order valence-corrected chi connectivity index (χ1v) is 15.2. The van der Waals surface area contributed by atoms with Gasteiger partial charge < -0.3 is 10.6 Å². The van der Waals surface area contributed by atoms with E-state index in [1.807, 2.05) is 55.5 Å². The van der Waals surface area contributed by atoms with Crippen LogP contribution in [0, 0.1) is 0 Å². The van der Waals surface area contributed by atoms with E-state index in [0.29, 0.717) is 40.5 Å². The fraction of sp³-hybridized carbons (Fsp3) is 0.300. The maximum Gasteiger partial charge on any atom is 0.258 e. The molecule has 0 aromatic heterocycles. The van der Waals surface area contributed by atoms with Gasteiger partial charge in [-0.2, -0.15) is 0 Å².